The van der Waals surface area contributed by atoms with Gasteiger partial charge in [0.2, 0.25) is 16.9 Å². The summed E-state index contributed by atoms with van der Waals surface area (Å²) in [7, 11) is 0. The van der Waals surface area contributed by atoms with Crippen LogP contribution in [0, 0.1) is 6.92 Å². The number of thiazole rings is 1. The highest BCUT2D eigenvalue weighted by Crippen LogP contribution is 2.37. The van der Waals surface area contributed by atoms with E-state index >= 15 is 0 Å². The number of nitrogens with zero attached hydrogens (tertiary/aromatic N) is 1. The van der Waals surface area contributed by atoms with Gasteiger partial charge >= 0.3 is 0 Å². The van der Waals surface area contributed by atoms with Crippen molar-refractivity contribution in [1.29, 1.82) is 0 Å². The molecule has 1 aliphatic carbocycles. The maximum atomic E-state index is 2.58. The van der Waals surface area contributed by atoms with Crippen LogP contribution in [0.15, 0.2) is 78.3 Å². The molecule has 1 heterocycles. The number of fused-ring (bicyclic) bond motifs is 1. The fraction of sp³-hybridized carbons (Fsp3) is 0.323. The molecule has 5 rings (SSSR count). The predicted octanol–water partition coefficient (Wildman–Crippen LogP) is 7.91. The highest BCUT2D eigenvalue weighted by molar-refractivity contribution is 7.09. The molecular weight excluding hydrogens is 418 g/mol. The minimum Gasteiger partial charge on any atom is -0.153 e. The maximum absolute atomic E-state index is 2.58. The van der Waals surface area contributed by atoms with Crippen LogP contribution in [0.25, 0.3) is 5.69 Å². The summed E-state index contributed by atoms with van der Waals surface area (Å²) >= 11 is 1.96. The zero-order valence-corrected chi connectivity index (χ0v) is 20.9. The van der Waals surface area contributed by atoms with Crippen LogP contribution in [0.5, 0.6) is 0 Å². The summed E-state index contributed by atoms with van der Waals surface area (Å²) in [6.45, 7) is 7.00. The first-order valence-electron chi connectivity index (χ1n) is 12.4. The summed E-state index contributed by atoms with van der Waals surface area (Å²) in [6, 6.07) is 26.9. The first-order valence-corrected chi connectivity index (χ1v) is 13.3. The minimum atomic E-state index is 0.330. The van der Waals surface area contributed by atoms with E-state index in [1.165, 1.54) is 65.6 Å². The summed E-state index contributed by atoms with van der Waals surface area (Å²) in [5.74, 6) is 0.660. The molecule has 1 aliphatic rings. The van der Waals surface area contributed by atoms with Crippen molar-refractivity contribution in [2.45, 2.75) is 64.7 Å². The van der Waals surface area contributed by atoms with Crippen LogP contribution in [-0.4, -0.2) is 0 Å². The zero-order valence-electron chi connectivity index (χ0n) is 20.1. The van der Waals surface area contributed by atoms with Gasteiger partial charge in [0.25, 0.3) is 0 Å². The van der Waals surface area contributed by atoms with E-state index < -0.39 is 0 Å². The van der Waals surface area contributed by atoms with Crippen molar-refractivity contribution >= 4 is 11.3 Å². The average molecular weight is 453 g/mol. The van der Waals surface area contributed by atoms with Gasteiger partial charge in [-0.05, 0) is 49.4 Å². The number of hydrogen-bond acceptors (Lipinski definition) is 1. The van der Waals surface area contributed by atoms with Crippen LogP contribution in [0.2, 0.25) is 0 Å². The van der Waals surface area contributed by atoms with E-state index in [0.29, 0.717) is 11.8 Å². The van der Waals surface area contributed by atoms with Gasteiger partial charge in [-0.2, -0.15) is 4.57 Å². The normalized spacial score (nSPS) is 15.5. The summed E-state index contributed by atoms with van der Waals surface area (Å²) in [4.78, 5) is 1.59. The first kappa shape index (κ1) is 22.1. The van der Waals surface area contributed by atoms with Gasteiger partial charge in [-0.1, -0.05) is 97.8 Å². The third kappa shape index (κ3) is 4.42. The van der Waals surface area contributed by atoms with Gasteiger partial charge in [-0.3, -0.25) is 0 Å². The van der Waals surface area contributed by atoms with Gasteiger partial charge in [0.15, 0.2) is 0 Å². The molecule has 0 N–H and O–H groups in total. The fourth-order valence-corrected chi connectivity index (χ4v) is 6.47. The van der Waals surface area contributed by atoms with Gasteiger partial charge < -0.3 is 0 Å². The maximum Gasteiger partial charge on any atom is 0.231 e. The Balaban J connectivity index is 1.75. The van der Waals surface area contributed by atoms with Crippen LogP contribution in [0.4, 0.5) is 0 Å². The molecular formula is C31H34NS+. The SMILES string of the molecule is Cc1cc(C(C)c2ccccc2)c(-[n+]2csc3c2CCCCC3)c(C(C)c2ccccc2)c1. The first-order chi connectivity index (χ1) is 16.1. The highest BCUT2D eigenvalue weighted by Gasteiger charge is 2.31. The number of aryl methyl sites for hydroxylation is 2. The number of rotatable bonds is 5. The third-order valence-corrected chi connectivity index (χ3v) is 8.36. The Morgan fingerprint density at radius 3 is 1.85 bits per heavy atom. The van der Waals surface area contributed by atoms with E-state index in [9.17, 15) is 0 Å². The Morgan fingerprint density at radius 2 is 1.27 bits per heavy atom. The van der Waals surface area contributed by atoms with Crippen molar-refractivity contribution in [3.8, 4) is 5.69 Å². The molecule has 4 aromatic rings. The quantitative estimate of drug-likeness (QED) is 0.214. The van der Waals surface area contributed by atoms with E-state index in [4.69, 9.17) is 0 Å². The topological polar surface area (TPSA) is 3.88 Å². The van der Waals surface area contributed by atoms with Gasteiger partial charge in [-0.25, -0.2) is 0 Å². The van der Waals surface area contributed by atoms with Crippen LogP contribution in [-0.2, 0) is 12.8 Å². The highest BCUT2D eigenvalue weighted by atomic mass is 32.1. The molecule has 168 valence electrons. The average Bonchev–Trinajstić information content (AvgIpc) is 3.10. The zero-order chi connectivity index (χ0) is 22.8. The second-order valence-electron chi connectivity index (χ2n) is 9.58. The monoisotopic (exact) mass is 452 g/mol. The van der Waals surface area contributed by atoms with Crippen molar-refractivity contribution in [2.75, 3.05) is 0 Å². The smallest absolute Gasteiger partial charge is 0.153 e. The summed E-state index contributed by atoms with van der Waals surface area (Å²) in [6.07, 6.45) is 6.37. The lowest BCUT2D eigenvalue weighted by Gasteiger charge is -2.21. The van der Waals surface area contributed by atoms with Gasteiger partial charge in [0.05, 0.1) is 4.88 Å². The second kappa shape index (κ2) is 9.65. The Hall–Kier alpha value is -2.71. The number of benzene rings is 3. The minimum absolute atomic E-state index is 0.330. The second-order valence-corrected chi connectivity index (χ2v) is 10.5. The Labute approximate surface area is 202 Å². The molecule has 0 saturated carbocycles. The van der Waals surface area contributed by atoms with Crippen molar-refractivity contribution < 1.29 is 4.57 Å². The van der Waals surface area contributed by atoms with Crippen molar-refractivity contribution in [3.05, 3.63) is 117 Å². The van der Waals surface area contributed by atoms with E-state index in [2.05, 4.69) is 104 Å². The molecule has 3 aromatic carbocycles. The van der Waals surface area contributed by atoms with Gasteiger partial charge in [0.1, 0.15) is 0 Å². The lowest BCUT2D eigenvalue weighted by molar-refractivity contribution is -0.600. The van der Waals surface area contributed by atoms with Gasteiger partial charge in [-0.15, -0.1) is 0 Å². The van der Waals surface area contributed by atoms with Crippen molar-refractivity contribution in [2.24, 2.45) is 0 Å². The van der Waals surface area contributed by atoms with Gasteiger partial charge in [0, 0.05) is 29.4 Å². The van der Waals surface area contributed by atoms with E-state index in [0.717, 1.165) is 0 Å². The van der Waals surface area contributed by atoms with Crippen LogP contribution < -0.4 is 4.57 Å². The molecule has 0 amide bonds. The molecule has 2 atom stereocenters. The lowest BCUT2D eigenvalue weighted by Crippen LogP contribution is -2.36. The number of hydrogen-bond donors (Lipinski definition) is 0. The van der Waals surface area contributed by atoms with E-state index in [1.54, 1.807) is 10.6 Å². The Morgan fingerprint density at radius 1 is 0.727 bits per heavy atom. The molecule has 2 unspecified atom stereocenters. The summed E-state index contributed by atoms with van der Waals surface area (Å²) < 4.78 is 2.58. The van der Waals surface area contributed by atoms with Crippen LogP contribution in [0.3, 0.4) is 0 Å². The fourth-order valence-electron chi connectivity index (χ4n) is 5.40. The molecule has 1 aromatic heterocycles. The van der Waals surface area contributed by atoms with Crippen LogP contribution >= 0.6 is 11.3 Å². The van der Waals surface area contributed by atoms with E-state index in [1.807, 2.05) is 11.3 Å². The largest absolute Gasteiger partial charge is 0.231 e. The molecule has 0 radical (unpaired) electrons. The Kier molecular flexibility index (Phi) is 6.46. The van der Waals surface area contributed by atoms with E-state index in [-0.39, 0.29) is 0 Å². The molecule has 0 saturated heterocycles. The lowest BCUT2D eigenvalue weighted by atomic mass is 9.84. The standard InChI is InChI=1S/C31H34NS/c1-22-19-27(23(2)25-13-7-4-8-14-25)31(28(20-22)24(3)26-15-9-5-10-16-26)32-21-33-30-18-12-6-11-17-29(30)32/h4-5,7-10,13-16,19-21,23-24H,6,11-12,17-18H2,1-3H3/q+1. The molecule has 1 nitrogen and oxygen atoms in total. The summed E-state index contributed by atoms with van der Waals surface area (Å²) in [5, 5.41) is 0. The van der Waals surface area contributed by atoms with Crippen LogP contribution in [0.1, 0.15) is 83.3 Å². The summed E-state index contributed by atoms with van der Waals surface area (Å²) in [5.41, 5.74) is 12.3. The molecule has 2 heteroatoms. The number of aromatic nitrogens is 1. The van der Waals surface area contributed by atoms with Crippen molar-refractivity contribution in [1.82, 2.24) is 0 Å². The molecule has 0 spiro atoms. The molecule has 0 aliphatic heterocycles. The predicted molar refractivity (Wildman–Crippen MR) is 140 cm³/mol. The Bertz CT molecular complexity index is 1160. The molecule has 33 heavy (non-hydrogen) atoms. The molecule has 0 bridgehead atoms. The van der Waals surface area contributed by atoms with Crippen molar-refractivity contribution in [3.63, 3.8) is 0 Å². The molecule has 0 fully saturated rings. The third-order valence-electron chi connectivity index (χ3n) is 7.32.